The number of pyridine rings is 1. The van der Waals surface area contributed by atoms with Gasteiger partial charge in [0.1, 0.15) is 17.4 Å². The van der Waals surface area contributed by atoms with Crippen molar-refractivity contribution in [2.45, 2.75) is 13.0 Å². The Morgan fingerprint density at radius 2 is 1.96 bits per heavy atom. The van der Waals surface area contributed by atoms with Crippen LogP contribution in [-0.2, 0) is 0 Å². The fourth-order valence-corrected chi connectivity index (χ4v) is 2.97. The lowest BCUT2D eigenvalue weighted by atomic mass is 9.94. The van der Waals surface area contributed by atoms with Crippen LogP contribution in [0.5, 0.6) is 5.75 Å². The molecule has 0 aliphatic heterocycles. The van der Waals surface area contributed by atoms with Crippen molar-refractivity contribution in [1.29, 1.82) is 0 Å². The van der Waals surface area contributed by atoms with E-state index in [1.807, 2.05) is 0 Å². The lowest BCUT2D eigenvalue weighted by molar-refractivity contribution is 0.103. The van der Waals surface area contributed by atoms with Crippen LogP contribution in [0.1, 0.15) is 34.5 Å². The number of fused-ring (bicyclic) bond motifs is 1. The minimum Gasteiger partial charge on any atom is -0.496 e. The molecule has 0 saturated heterocycles. The Hall–Kier alpha value is -3.06. The molecule has 1 heterocycles. The van der Waals surface area contributed by atoms with Gasteiger partial charge in [0.05, 0.1) is 12.7 Å². The third-order valence-electron chi connectivity index (χ3n) is 4.18. The van der Waals surface area contributed by atoms with Crippen molar-refractivity contribution in [3.63, 3.8) is 0 Å². The summed E-state index contributed by atoms with van der Waals surface area (Å²) in [5.74, 6) is -3.07. The fraction of sp³-hybridized carbons (Fsp3) is 0.158. The van der Waals surface area contributed by atoms with Gasteiger partial charge in [-0.2, -0.15) is 0 Å². The van der Waals surface area contributed by atoms with Gasteiger partial charge in [0, 0.05) is 34.8 Å². The molecule has 0 fully saturated rings. The third kappa shape index (κ3) is 2.76. The van der Waals surface area contributed by atoms with Gasteiger partial charge >= 0.3 is 0 Å². The number of carbonyl (C=O) groups excluding carboxylic acids is 1. The van der Waals surface area contributed by atoms with Crippen molar-refractivity contribution in [3.8, 4) is 5.75 Å². The fourth-order valence-electron chi connectivity index (χ4n) is 2.97. The number of benzene rings is 2. The highest BCUT2D eigenvalue weighted by Crippen LogP contribution is 2.33. The predicted molar refractivity (Wildman–Crippen MR) is 93.5 cm³/mol. The summed E-state index contributed by atoms with van der Waals surface area (Å²) in [6.45, 7) is 1.50. The monoisotopic (exact) mass is 358 g/mol. The molecule has 0 saturated carbocycles. The maximum absolute atomic E-state index is 15.0. The van der Waals surface area contributed by atoms with Gasteiger partial charge in [0.2, 0.25) is 0 Å². The smallest absolute Gasteiger partial charge is 0.255 e. The molecule has 0 amide bonds. The van der Waals surface area contributed by atoms with E-state index in [2.05, 4.69) is 4.98 Å². The normalized spacial score (nSPS) is 12.2. The molecule has 5 nitrogen and oxygen atoms in total. The van der Waals surface area contributed by atoms with Crippen LogP contribution in [0.2, 0.25) is 0 Å². The molecule has 134 valence electrons. The molecule has 1 atom stereocenters. The second kappa shape index (κ2) is 6.68. The molecule has 0 aliphatic rings. The molecule has 0 aliphatic carbocycles. The Bertz CT molecular complexity index is 1070. The predicted octanol–water partition coefficient (Wildman–Crippen LogP) is 3.07. The van der Waals surface area contributed by atoms with E-state index in [0.717, 1.165) is 6.07 Å². The number of hydrogen-bond donors (Lipinski definition) is 2. The highest BCUT2D eigenvalue weighted by Gasteiger charge is 2.27. The van der Waals surface area contributed by atoms with E-state index in [9.17, 15) is 18.4 Å². The maximum atomic E-state index is 15.0. The Morgan fingerprint density at radius 1 is 1.23 bits per heavy atom. The molecular weight excluding hydrogens is 342 g/mol. The summed E-state index contributed by atoms with van der Waals surface area (Å²) in [5, 5.41) is 0.554. The van der Waals surface area contributed by atoms with E-state index >= 15 is 0 Å². The average Bonchev–Trinajstić information content (AvgIpc) is 2.60. The van der Waals surface area contributed by atoms with Crippen LogP contribution in [0.25, 0.3) is 10.8 Å². The molecular formula is C19H16F2N2O3. The Balaban J connectivity index is 2.29. The zero-order valence-electron chi connectivity index (χ0n) is 14.1. The SMILES string of the molecule is COc1cc(F)c(C(=O)c2cccc3c(=O)[nH]ccc23)c(F)c1C(C)N. The topological polar surface area (TPSA) is 85.2 Å². The zero-order valence-corrected chi connectivity index (χ0v) is 14.1. The van der Waals surface area contributed by atoms with Gasteiger partial charge in [-0.25, -0.2) is 8.78 Å². The Labute approximate surface area is 147 Å². The summed E-state index contributed by atoms with van der Waals surface area (Å²) >= 11 is 0. The summed E-state index contributed by atoms with van der Waals surface area (Å²) in [4.78, 5) is 27.3. The number of carbonyl (C=O) groups is 1. The average molecular weight is 358 g/mol. The molecule has 1 unspecified atom stereocenters. The van der Waals surface area contributed by atoms with Crippen molar-refractivity contribution in [2.75, 3.05) is 7.11 Å². The van der Waals surface area contributed by atoms with Crippen LogP contribution in [0.3, 0.4) is 0 Å². The van der Waals surface area contributed by atoms with Crippen molar-refractivity contribution in [3.05, 3.63) is 75.2 Å². The summed E-state index contributed by atoms with van der Waals surface area (Å²) in [7, 11) is 1.26. The summed E-state index contributed by atoms with van der Waals surface area (Å²) < 4.78 is 34.4. The lowest BCUT2D eigenvalue weighted by Gasteiger charge is -2.16. The Morgan fingerprint density at radius 3 is 2.62 bits per heavy atom. The first-order chi connectivity index (χ1) is 12.4. The van der Waals surface area contributed by atoms with Crippen LogP contribution in [0, 0.1) is 11.6 Å². The standard InChI is InChI=1S/C19H16F2N2O3/c1-9(22)15-14(26-2)8-13(20)16(17(15)21)18(24)11-4-3-5-12-10(11)6-7-23-19(12)25/h3-9H,22H2,1-2H3,(H,23,25). The molecule has 2 aromatic carbocycles. The molecule has 3 N–H and O–H groups in total. The highest BCUT2D eigenvalue weighted by atomic mass is 19.1. The van der Waals surface area contributed by atoms with Crippen LogP contribution < -0.4 is 16.0 Å². The van der Waals surface area contributed by atoms with Crippen molar-refractivity contribution in [2.24, 2.45) is 5.73 Å². The number of ketones is 1. The van der Waals surface area contributed by atoms with E-state index in [4.69, 9.17) is 10.5 Å². The first-order valence-corrected chi connectivity index (χ1v) is 7.83. The number of halogens is 2. The second-order valence-corrected chi connectivity index (χ2v) is 5.85. The molecule has 3 aromatic rings. The summed E-state index contributed by atoms with van der Waals surface area (Å²) in [6.07, 6.45) is 1.37. The molecule has 26 heavy (non-hydrogen) atoms. The van der Waals surface area contributed by atoms with Gasteiger partial charge in [0.15, 0.2) is 5.78 Å². The number of ether oxygens (including phenoxy) is 1. The zero-order chi connectivity index (χ0) is 19.0. The van der Waals surface area contributed by atoms with Gasteiger partial charge in [-0.05, 0) is 24.4 Å². The first kappa shape index (κ1) is 17.8. The first-order valence-electron chi connectivity index (χ1n) is 7.83. The van der Waals surface area contributed by atoms with Crippen LogP contribution in [-0.4, -0.2) is 17.9 Å². The molecule has 3 rings (SSSR count). The second-order valence-electron chi connectivity index (χ2n) is 5.85. The van der Waals surface area contributed by atoms with Crippen molar-refractivity contribution >= 4 is 16.6 Å². The van der Waals surface area contributed by atoms with Gasteiger partial charge in [-0.15, -0.1) is 0 Å². The molecule has 1 aromatic heterocycles. The van der Waals surface area contributed by atoms with E-state index in [1.165, 1.54) is 44.5 Å². The third-order valence-corrected chi connectivity index (χ3v) is 4.18. The molecule has 0 bridgehead atoms. The summed E-state index contributed by atoms with van der Waals surface area (Å²) in [6, 6.07) is 6.06. The number of methoxy groups -OCH3 is 1. The number of hydrogen-bond acceptors (Lipinski definition) is 4. The highest BCUT2D eigenvalue weighted by molar-refractivity contribution is 6.16. The maximum Gasteiger partial charge on any atom is 0.255 e. The van der Waals surface area contributed by atoms with Gasteiger partial charge in [-0.1, -0.05) is 12.1 Å². The molecule has 0 radical (unpaired) electrons. The largest absolute Gasteiger partial charge is 0.496 e. The lowest BCUT2D eigenvalue weighted by Crippen LogP contribution is -2.16. The van der Waals surface area contributed by atoms with Gasteiger partial charge < -0.3 is 15.5 Å². The van der Waals surface area contributed by atoms with Crippen molar-refractivity contribution < 1.29 is 18.3 Å². The number of nitrogens with one attached hydrogen (secondary N) is 1. The van der Waals surface area contributed by atoms with Crippen LogP contribution in [0.15, 0.2) is 41.3 Å². The van der Waals surface area contributed by atoms with E-state index in [1.54, 1.807) is 0 Å². The number of nitrogens with two attached hydrogens (primary N) is 1. The molecule has 0 spiro atoms. The summed E-state index contributed by atoms with van der Waals surface area (Å²) in [5.41, 5.74) is 4.56. The van der Waals surface area contributed by atoms with E-state index in [-0.39, 0.29) is 22.3 Å². The minimum absolute atomic E-state index is 0.0205. The van der Waals surface area contributed by atoms with E-state index < -0.39 is 34.6 Å². The van der Waals surface area contributed by atoms with E-state index in [0.29, 0.717) is 5.39 Å². The van der Waals surface area contributed by atoms with Crippen LogP contribution in [0.4, 0.5) is 8.78 Å². The Kier molecular flexibility index (Phi) is 4.56. The van der Waals surface area contributed by atoms with Gasteiger partial charge in [0.25, 0.3) is 5.56 Å². The number of rotatable bonds is 4. The van der Waals surface area contributed by atoms with Crippen LogP contribution >= 0.6 is 0 Å². The molecule has 7 heteroatoms. The van der Waals surface area contributed by atoms with Crippen molar-refractivity contribution in [1.82, 2.24) is 4.98 Å². The van der Waals surface area contributed by atoms with Gasteiger partial charge in [-0.3, -0.25) is 9.59 Å². The number of aromatic nitrogens is 1. The number of H-pyrrole nitrogens is 1. The minimum atomic E-state index is -1.07. The number of aromatic amines is 1. The quantitative estimate of drug-likeness (QED) is 0.702.